The zero-order valence-corrected chi connectivity index (χ0v) is 21.7. The second-order valence-electron chi connectivity index (χ2n) is 8.25. The van der Waals surface area contributed by atoms with Crippen molar-refractivity contribution in [1.29, 1.82) is 0 Å². The van der Waals surface area contributed by atoms with Crippen molar-refractivity contribution in [3.63, 3.8) is 0 Å². The third-order valence-corrected chi connectivity index (χ3v) is 9.91. The molecule has 0 aliphatic rings. The molecule has 7 nitrogen and oxygen atoms in total. The minimum Gasteiger partial charge on any atom is -0.550 e. The van der Waals surface area contributed by atoms with Crippen molar-refractivity contribution in [2.75, 3.05) is 37.9 Å². The molecule has 0 heterocycles. The molecule has 0 aromatic carbocycles. The molecule has 188 valence electrons. The van der Waals surface area contributed by atoms with Crippen LogP contribution in [0.5, 0.6) is 0 Å². The molecule has 0 aromatic rings. The molecule has 0 spiro atoms. The molecule has 0 aromatic heterocycles. The summed E-state index contributed by atoms with van der Waals surface area (Å²) in [6, 6.07) is 0. The van der Waals surface area contributed by atoms with Crippen molar-refractivity contribution >= 4 is 25.2 Å². The fourth-order valence-electron chi connectivity index (χ4n) is 3.08. The van der Waals surface area contributed by atoms with Crippen LogP contribution in [-0.4, -0.2) is 67.0 Å². The molecule has 0 amide bonds. The number of unbranched alkanes of at least 4 members (excludes halogenated alkanes) is 3. The van der Waals surface area contributed by atoms with Gasteiger partial charge in [-0.25, -0.2) is 4.79 Å². The van der Waals surface area contributed by atoms with Gasteiger partial charge in [-0.3, -0.25) is 4.79 Å². The second-order valence-corrected chi connectivity index (χ2v) is 12.7. The van der Waals surface area contributed by atoms with Gasteiger partial charge >= 0.3 is 11.9 Å². The van der Waals surface area contributed by atoms with Crippen molar-refractivity contribution < 1.29 is 34.1 Å². The van der Waals surface area contributed by atoms with E-state index in [9.17, 15) is 14.7 Å². The number of hydrogen-bond donors (Lipinski definition) is 1. The van der Waals surface area contributed by atoms with Gasteiger partial charge in [0, 0.05) is 18.8 Å². The Kier molecular flexibility index (Phi) is 20.6. The first-order valence-electron chi connectivity index (χ1n) is 11.7. The van der Waals surface area contributed by atoms with E-state index >= 15 is 0 Å². The Balaban J connectivity index is 0. The highest BCUT2D eigenvalue weighted by Crippen LogP contribution is 2.61. The first kappa shape index (κ1) is 32.7. The third kappa shape index (κ3) is 19.2. The lowest BCUT2D eigenvalue weighted by molar-refractivity contribution is -0.302. The standard InChI is InChI=1S/C22H42O5P.C2H4O2/c1-6-9-13-28(14-10-7-2,15-11-8-3)16-12-21(24)26-17-20(23)18-27-22(25)19(4)5;1-2(3)4/h20,23H,4,6-18H2,1-3,5H3;1H3,(H,3,4)/q+1;/p-1. The average Bonchev–Trinajstić information content (AvgIpc) is 2.74. The number of carbonyl (C=O) groups is 3. The predicted molar refractivity (Wildman–Crippen MR) is 129 cm³/mol. The minimum atomic E-state index is -1.13. The molecule has 0 aliphatic heterocycles. The van der Waals surface area contributed by atoms with Gasteiger partial charge in [-0.1, -0.05) is 46.6 Å². The Morgan fingerprint density at radius 1 is 0.875 bits per heavy atom. The summed E-state index contributed by atoms with van der Waals surface area (Å²) in [6.45, 7) is 12.3. The number of aliphatic hydroxyl groups is 1. The van der Waals surface area contributed by atoms with Crippen molar-refractivity contribution in [2.45, 2.75) is 85.7 Å². The highest BCUT2D eigenvalue weighted by molar-refractivity contribution is 7.75. The molecule has 0 saturated heterocycles. The molecule has 0 rings (SSSR count). The highest BCUT2D eigenvalue weighted by Gasteiger charge is 2.36. The van der Waals surface area contributed by atoms with Gasteiger partial charge in [-0.15, -0.1) is 0 Å². The van der Waals surface area contributed by atoms with Crippen molar-refractivity contribution in [3.8, 4) is 0 Å². The number of esters is 2. The summed E-state index contributed by atoms with van der Waals surface area (Å²) in [7, 11) is -1.13. The maximum absolute atomic E-state index is 12.2. The molecular formula is C24H45O7P. The average molecular weight is 477 g/mol. The van der Waals surface area contributed by atoms with Gasteiger partial charge in [-0.2, -0.15) is 0 Å². The van der Waals surface area contributed by atoms with Crippen LogP contribution in [0.4, 0.5) is 0 Å². The predicted octanol–water partition coefficient (Wildman–Crippen LogP) is 3.57. The van der Waals surface area contributed by atoms with Crippen LogP contribution in [0, 0.1) is 0 Å². The monoisotopic (exact) mass is 476 g/mol. The molecular weight excluding hydrogens is 431 g/mol. The maximum Gasteiger partial charge on any atom is 0.333 e. The fourth-order valence-corrected chi connectivity index (χ4v) is 8.04. The fraction of sp³-hybridized carbons (Fsp3) is 0.792. The van der Waals surface area contributed by atoms with Crippen LogP contribution in [0.3, 0.4) is 0 Å². The Morgan fingerprint density at radius 3 is 1.66 bits per heavy atom. The lowest BCUT2D eigenvalue weighted by Crippen LogP contribution is -2.26. The molecule has 1 atom stereocenters. The van der Waals surface area contributed by atoms with Crippen molar-refractivity contribution in [1.82, 2.24) is 0 Å². The number of aliphatic hydroxyl groups excluding tert-OH is 1. The topological polar surface area (TPSA) is 113 Å². The van der Waals surface area contributed by atoms with E-state index in [1.165, 1.54) is 57.0 Å². The van der Waals surface area contributed by atoms with Gasteiger partial charge in [0.2, 0.25) is 0 Å². The Morgan fingerprint density at radius 2 is 1.28 bits per heavy atom. The number of hydrogen-bond acceptors (Lipinski definition) is 7. The Labute approximate surface area is 195 Å². The Hall–Kier alpha value is -1.46. The van der Waals surface area contributed by atoms with Crippen LogP contribution in [0.1, 0.15) is 79.6 Å². The number of rotatable bonds is 17. The van der Waals surface area contributed by atoms with E-state index in [-0.39, 0.29) is 24.8 Å². The van der Waals surface area contributed by atoms with E-state index in [0.29, 0.717) is 6.42 Å². The first-order valence-corrected chi connectivity index (χ1v) is 14.2. The lowest BCUT2D eigenvalue weighted by atomic mass is 10.3. The lowest BCUT2D eigenvalue weighted by Gasteiger charge is -2.27. The Bertz CT molecular complexity index is 523. The summed E-state index contributed by atoms with van der Waals surface area (Å²) >= 11 is 0. The number of carboxylic acids is 1. The first-order chi connectivity index (χ1) is 15.0. The zero-order valence-electron chi connectivity index (χ0n) is 20.8. The summed E-state index contributed by atoms with van der Waals surface area (Å²) < 4.78 is 10.1. The molecule has 0 bridgehead atoms. The van der Waals surface area contributed by atoms with E-state index in [0.717, 1.165) is 13.1 Å². The number of ether oxygens (including phenoxy) is 2. The second kappa shape index (κ2) is 20.2. The van der Waals surface area contributed by atoms with Crippen LogP contribution in [0.25, 0.3) is 0 Å². The molecule has 0 fully saturated rings. The largest absolute Gasteiger partial charge is 0.550 e. The van der Waals surface area contributed by atoms with Crippen LogP contribution in [0.2, 0.25) is 0 Å². The molecule has 0 radical (unpaired) electrons. The SMILES string of the molecule is C=C(C)C(=O)OCC(O)COC(=O)CC[P+](CCCC)(CCCC)CCCC.CC(=O)[O-]. The number of aliphatic carboxylic acids is 1. The maximum atomic E-state index is 12.2. The summed E-state index contributed by atoms with van der Waals surface area (Å²) in [4.78, 5) is 32.4. The van der Waals surface area contributed by atoms with Gasteiger partial charge in [0.25, 0.3) is 0 Å². The van der Waals surface area contributed by atoms with Gasteiger partial charge in [0.1, 0.15) is 19.3 Å². The molecule has 8 heteroatoms. The minimum absolute atomic E-state index is 0.146. The summed E-state index contributed by atoms with van der Waals surface area (Å²) in [6.07, 6.45) is 11.5. The quantitative estimate of drug-likeness (QED) is 0.194. The van der Waals surface area contributed by atoms with Gasteiger partial charge in [0.15, 0.2) is 0 Å². The van der Waals surface area contributed by atoms with Gasteiger partial charge < -0.3 is 24.5 Å². The van der Waals surface area contributed by atoms with Crippen LogP contribution >= 0.6 is 7.26 Å². The molecule has 32 heavy (non-hydrogen) atoms. The van der Waals surface area contributed by atoms with Crippen LogP contribution < -0.4 is 5.11 Å². The third-order valence-electron chi connectivity index (χ3n) is 4.94. The normalized spacial score (nSPS) is 11.7. The number of carbonyl (C=O) groups excluding carboxylic acids is 3. The van der Waals surface area contributed by atoms with Crippen LogP contribution in [-0.2, 0) is 23.9 Å². The summed E-state index contributed by atoms with van der Waals surface area (Å²) in [5.74, 6) is -1.90. The smallest absolute Gasteiger partial charge is 0.333 e. The highest BCUT2D eigenvalue weighted by atomic mass is 31.2. The van der Waals surface area contributed by atoms with E-state index in [1.807, 2.05) is 0 Å². The molecule has 0 aliphatic carbocycles. The number of carboxylic acid groups (broad SMARTS) is 1. The molecule has 1 unspecified atom stereocenters. The van der Waals surface area contributed by atoms with E-state index in [4.69, 9.17) is 19.4 Å². The van der Waals surface area contributed by atoms with E-state index in [1.54, 1.807) is 6.92 Å². The van der Waals surface area contributed by atoms with Crippen LogP contribution in [0.15, 0.2) is 12.2 Å². The van der Waals surface area contributed by atoms with Crippen molar-refractivity contribution in [2.24, 2.45) is 0 Å². The van der Waals surface area contributed by atoms with Crippen molar-refractivity contribution in [3.05, 3.63) is 12.2 Å². The zero-order chi connectivity index (χ0) is 25.0. The van der Waals surface area contributed by atoms with E-state index in [2.05, 4.69) is 27.4 Å². The van der Waals surface area contributed by atoms with E-state index < -0.39 is 25.3 Å². The molecule has 1 N–H and O–H groups in total. The molecule has 0 saturated carbocycles. The summed E-state index contributed by atoms with van der Waals surface area (Å²) in [5.41, 5.74) is 0.274. The summed E-state index contributed by atoms with van der Waals surface area (Å²) in [5, 5.41) is 18.7. The van der Waals surface area contributed by atoms with Gasteiger partial charge in [-0.05, 0) is 33.1 Å². The van der Waals surface area contributed by atoms with Gasteiger partial charge in [0.05, 0.1) is 31.1 Å².